The Morgan fingerprint density at radius 2 is 1.55 bits per heavy atom. The van der Waals surface area contributed by atoms with Crippen molar-refractivity contribution in [1.29, 1.82) is 0 Å². The van der Waals surface area contributed by atoms with Crippen molar-refractivity contribution in [2.45, 2.75) is 20.8 Å². The number of nitrogens with zero attached hydrogens (tertiary/aromatic N) is 1. The molecule has 156 valence electrons. The quantitative estimate of drug-likeness (QED) is 0.573. The average molecular weight is 412 g/mol. The van der Waals surface area contributed by atoms with Gasteiger partial charge >= 0.3 is 0 Å². The molecule has 31 heavy (non-hydrogen) atoms. The van der Waals surface area contributed by atoms with Crippen LogP contribution < -0.4 is 15.0 Å². The Hall–Kier alpha value is -3.86. The summed E-state index contributed by atoms with van der Waals surface area (Å²) in [5.74, 6) is -0.0101. The smallest absolute Gasteiger partial charge is 0.282 e. The standard InChI is InChI=1S/C26H24N2O3/c1-4-31-22-14-11-19(12-15-22)23-24(27-20-8-6-5-7-9-20)26(30)28(25(23)29)21-13-10-17(2)18(3)16-21/h5-16,27H,4H2,1-3H3. The number of hydrogen-bond acceptors (Lipinski definition) is 4. The fourth-order valence-electron chi connectivity index (χ4n) is 3.56. The van der Waals surface area contributed by atoms with E-state index in [9.17, 15) is 9.59 Å². The van der Waals surface area contributed by atoms with Crippen LogP contribution in [-0.2, 0) is 9.59 Å². The fraction of sp³-hybridized carbons (Fsp3) is 0.154. The minimum absolute atomic E-state index is 0.263. The van der Waals surface area contributed by atoms with E-state index in [1.165, 1.54) is 4.90 Å². The van der Waals surface area contributed by atoms with Crippen LogP contribution in [-0.4, -0.2) is 18.4 Å². The van der Waals surface area contributed by atoms with Gasteiger partial charge in [-0.2, -0.15) is 0 Å². The molecule has 0 radical (unpaired) electrons. The molecule has 5 heteroatoms. The van der Waals surface area contributed by atoms with Gasteiger partial charge in [0.1, 0.15) is 11.4 Å². The van der Waals surface area contributed by atoms with E-state index in [1.54, 1.807) is 6.07 Å². The fourth-order valence-corrected chi connectivity index (χ4v) is 3.56. The normalized spacial score (nSPS) is 13.7. The molecule has 3 aromatic rings. The molecule has 3 aromatic carbocycles. The zero-order valence-corrected chi connectivity index (χ0v) is 17.8. The van der Waals surface area contributed by atoms with E-state index < -0.39 is 0 Å². The average Bonchev–Trinajstić information content (AvgIpc) is 3.01. The van der Waals surface area contributed by atoms with Gasteiger partial charge < -0.3 is 10.1 Å². The van der Waals surface area contributed by atoms with E-state index in [0.717, 1.165) is 16.8 Å². The largest absolute Gasteiger partial charge is 0.494 e. The first-order chi connectivity index (χ1) is 15.0. The second kappa shape index (κ2) is 8.48. The van der Waals surface area contributed by atoms with E-state index in [1.807, 2.05) is 87.5 Å². The summed E-state index contributed by atoms with van der Waals surface area (Å²) in [6.07, 6.45) is 0. The van der Waals surface area contributed by atoms with Crippen LogP contribution in [0.3, 0.4) is 0 Å². The molecule has 4 rings (SSSR count). The first-order valence-electron chi connectivity index (χ1n) is 10.2. The van der Waals surface area contributed by atoms with E-state index in [4.69, 9.17) is 4.74 Å². The third kappa shape index (κ3) is 3.94. The SMILES string of the molecule is CCOc1ccc(C2=C(Nc3ccccc3)C(=O)N(c3ccc(C)c(C)c3)C2=O)cc1. The summed E-state index contributed by atoms with van der Waals surface area (Å²) >= 11 is 0. The number of rotatable bonds is 6. The Morgan fingerprint density at radius 3 is 2.19 bits per heavy atom. The van der Waals surface area contributed by atoms with Crippen molar-refractivity contribution in [3.05, 3.63) is 95.2 Å². The van der Waals surface area contributed by atoms with E-state index in [-0.39, 0.29) is 17.5 Å². The van der Waals surface area contributed by atoms with E-state index >= 15 is 0 Å². The van der Waals surface area contributed by atoms with Crippen molar-refractivity contribution in [3.8, 4) is 5.75 Å². The van der Waals surface area contributed by atoms with Crippen molar-refractivity contribution in [1.82, 2.24) is 0 Å². The van der Waals surface area contributed by atoms with Crippen molar-refractivity contribution >= 4 is 28.8 Å². The molecular weight excluding hydrogens is 388 g/mol. The molecule has 0 saturated heterocycles. The highest BCUT2D eigenvalue weighted by molar-refractivity contribution is 6.46. The number of para-hydroxylation sites is 1. The maximum absolute atomic E-state index is 13.5. The summed E-state index contributed by atoms with van der Waals surface area (Å²) in [5.41, 5.74) is 4.69. The Balaban J connectivity index is 1.79. The molecule has 1 aliphatic heterocycles. The number of nitrogens with one attached hydrogen (secondary N) is 1. The summed E-state index contributed by atoms with van der Waals surface area (Å²) in [4.78, 5) is 28.2. The van der Waals surface area contributed by atoms with Gasteiger partial charge in [-0.05, 0) is 73.9 Å². The topological polar surface area (TPSA) is 58.6 Å². The number of anilines is 2. The van der Waals surface area contributed by atoms with Crippen LogP contribution in [0.1, 0.15) is 23.6 Å². The summed E-state index contributed by atoms with van der Waals surface area (Å²) in [5, 5.41) is 3.17. The van der Waals surface area contributed by atoms with Gasteiger partial charge in [0.2, 0.25) is 0 Å². The van der Waals surface area contributed by atoms with Crippen LogP contribution in [0, 0.1) is 13.8 Å². The number of carbonyl (C=O) groups excluding carboxylic acids is 2. The van der Waals surface area contributed by atoms with E-state index in [0.29, 0.717) is 29.2 Å². The second-order valence-corrected chi connectivity index (χ2v) is 7.41. The highest BCUT2D eigenvalue weighted by Crippen LogP contribution is 2.35. The lowest BCUT2D eigenvalue weighted by atomic mass is 10.0. The van der Waals surface area contributed by atoms with Crippen molar-refractivity contribution in [2.24, 2.45) is 0 Å². The Bertz CT molecular complexity index is 1170. The molecule has 0 atom stereocenters. The Kier molecular flexibility index (Phi) is 5.58. The molecule has 0 aliphatic carbocycles. The number of carbonyl (C=O) groups is 2. The van der Waals surface area contributed by atoms with Crippen LogP contribution in [0.2, 0.25) is 0 Å². The lowest BCUT2D eigenvalue weighted by Crippen LogP contribution is -2.32. The molecule has 5 nitrogen and oxygen atoms in total. The lowest BCUT2D eigenvalue weighted by Gasteiger charge is -2.17. The number of ether oxygens (including phenoxy) is 1. The van der Waals surface area contributed by atoms with Gasteiger partial charge in [-0.3, -0.25) is 9.59 Å². The van der Waals surface area contributed by atoms with Crippen LogP contribution >= 0.6 is 0 Å². The van der Waals surface area contributed by atoms with Crippen molar-refractivity contribution < 1.29 is 14.3 Å². The molecule has 0 saturated carbocycles. The molecule has 1 heterocycles. The van der Waals surface area contributed by atoms with Gasteiger partial charge in [0.25, 0.3) is 11.8 Å². The molecule has 0 bridgehead atoms. The maximum Gasteiger partial charge on any atom is 0.282 e. The highest BCUT2D eigenvalue weighted by atomic mass is 16.5. The van der Waals surface area contributed by atoms with Crippen LogP contribution in [0.25, 0.3) is 5.57 Å². The zero-order chi connectivity index (χ0) is 22.0. The molecule has 0 unspecified atom stereocenters. The van der Waals surface area contributed by atoms with Gasteiger partial charge in [0.05, 0.1) is 17.9 Å². The lowest BCUT2D eigenvalue weighted by molar-refractivity contribution is -0.120. The number of aryl methyl sites for hydroxylation is 2. The van der Waals surface area contributed by atoms with Crippen molar-refractivity contribution in [2.75, 3.05) is 16.8 Å². The van der Waals surface area contributed by atoms with Gasteiger partial charge in [-0.25, -0.2) is 4.90 Å². The summed E-state index contributed by atoms with van der Waals surface area (Å²) in [6.45, 7) is 6.44. The molecule has 0 aromatic heterocycles. The molecule has 0 spiro atoms. The molecule has 1 N–H and O–H groups in total. The van der Waals surface area contributed by atoms with Gasteiger partial charge in [0, 0.05) is 5.69 Å². The second-order valence-electron chi connectivity index (χ2n) is 7.41. The third-order valence-corrected chi connectivity index (χ3v) is 5.33. The predicted octanol–water partition coefficient (Wildman–Crippen LogP) is 5.10. The van der Waals surface area contributed by atoms with Crippen LogP contribution in [0.5, 0.6) is 5.75 Å². The van der Waals surface area contributed by atoms with Crippen LogP contribution in [0.15, 0.2) is 78.5 Å². The van der Waals surface area contributed by atoms with Gasteiger partial charge in [-0.15, -0.1) is 0 Å². The third-order valence-electron chi connectivity index (χ3n) is 5.33. The summed E-state index contributed by atoms with van der Waals surface area (Å²) in [6, 6.07) is 22.2. The first-order valence-corrected chi connectivity index (χ1v) is 10.2. The number of amides is 2. The summed E-state index contributed by atoms with van der Waals surface area (Å²) in [7, 11) is 0. The molecule has 0 fully saturated rings. The Labute approximate surface area is 182 Å². The summed E-state index contributed by atoms with van der Waals surface area (Å²) < 4.78 is 5.51. The zero-order valence-electron chi connectivity index (χ0n) is 17.8. The Morgan fingerprint density at radius 1 is 0.839 bits per heavy atom. The van der Waals surface area contributed by atoms with Crippen molar-refractivity contribution in [3.63, 3.8) is 0 Å². The first kappa shape index (κ1) is 20.4. The molecule has 1 aliphatic rings. The van der Waals surface area contributed by atoms with Gasteiger partial charge in [0.15, 0.2) is 0 Å². The van der Waals surface area contributed by atoms with Crippen LogP contribution in [0.4, 0.5) is 11.4 Å². The minimum atomic E-state index is -0.374. The monoisotopic (exact) mass is 412 g/mol. The van der Waals surface area contributed by atoms with Gasteiger partial charge in [-0.1, -0.05) is 36.4 Å². The number of benzene rings is 3. The number of imide groups is 1. The number of hydrogen-bond donors (Lipinski definition) is 1. The van der Waals surface area contributed by atoms with E-state index in [2.05, 4.69) is 5.32 Å². The predicted molar refractivity (Wildman–Crippen MR) is 123 cm³/mol. The minimum Gasteiger partial charge on any atom is -0.494 e. The maximum atomic E-state index is 13.5. The molecular formula is C26H24N2O3. The molecule has 2 amide bonds. The highest BCUT2D eigenvalue weighted by Gasteiger charge is 2.40.